The predicted molar refractivity (Wildman–Crippen MR) is 274 cm³/mol. The van der Waals surface area contributed by atoms with Crippen molar-refractivity contribution < 1.29 is 0 Å². The van der Waals surface area contributed by atoms with Crippen LogP contribution in [-0.2, 0) is 6.42 Å². The van der Waals surface area contributed by atoms with E-state index in [4.69, 9.17) is 0 Å². The maximum atomic E-state index is 2.37. The van der Waals surface area contributed by atoms with Gasteiger partial charge < -0.3 is 19.3 Å². The number of nitrogens with zero attached hydrogens (tertiary/aromatic N) is 4. The van der Waals surface area contributed by atoms with Crippen molar-refractivity contribution in [2.45, 2.75) is 6.42 Å². The molecule has 0 aliphatic heterocycles. The van der Waals surface area contributed by atoms with Crippen LogP contribution in [0.2, 0.25) is 0 Å². The van der Waals surface area contributed by atoms with Gasteiger partial charge in [-0.15, -0.1) is 0 Å². The molecule has 0 fully saturated rings. The second kappa shape index (κ2) is 17.6. The van der Waals surface area contributed by atoms with Crippen LogP contribution in [0.1, 0.15) is 11.1 Å². The minimum atomic E-state index is 0.742. The zero-order valence-corrected chi connectivity index (χ0v) is 35.9. The molecule has 11 aromatic rings. The first kappa shape index (κ1) is 39.3. The Hall–Kier alpha value is -8.60. The van der Waals surface area contributed by atoms with E-state index in [1.165, 1.54) is 32.9 Å². The number of anilines is 9. The normalized spacial score (nSPS) is 11.1. The molecule has 0 aliphatic rings. The van der Waals surface area contributed by atoms with E-state index in [-0.39, 0.29) is 0 Å². The van der Waals surface area contributed by atoms with Crippen LogP contribution in [0.5, 0.6) is 0 Å². The summed E-state index contributed by atoms with van der Waals surface area (Å²) in [6, 6.07) is 95.7. The van der Waals surface area contributed by atoms with Crippen molar-refractivity contribution in [2.75, 3.05) is 14.7 Å². The summed E-state index contributed by atoms with van der Waals surface area (Å²) in [5, 5.41) is 2.45. The van der Waals surface area contributed by atoms with E-state index in [0.717, 1.165) is 63.3 Å². The Morgan fingerprint density at radius 3 is 1.09 bits per heavy atom. The smallest absolute Gasteiger partial charge is 0.0542 e. The zero-order chi connectivity index (χ0) is 43.4. The summed E-state index contributed by atoms with van der Waals surface area (Å²) < 4.78 is 2.37. The predicted octanol–water partition coefficient (Wildman–Crippen LogP) is 16.8. The summed E-state index contributed by atoms with van der Waals surface area (Å²) in [5.74, 6) is 0. The second-order valence-electron chi connectivity index (χ2n) is 16.3. The number of benzene rings is 10. The molecule has 1 heterocycles. The minimum absolute atomic E-state index is 0.742. The average Bonchev–Trinajstić information content (AvgIpc) is 3.70. The van der Waals surface area contributed by atoms with Crippen LogP contribution < -0.4 is 14.7 Å². The number of rotatable bonds is 12. The number of para-hydroxylation sites is 7. The Morgan fingerprint density at radius 2 is 0.615 bits per heavy atom. The zero-order valence-electron chi connectivity index (χ0n) is 35.9. The van der Waals surface area contributed by atoms with Crippen molar-refractivity contribution in [1.82, 2.24) is 4.57 Å². The molecule has 0 saturated carbocycles. The monoisotopic (exact) mass is 834 g/mol. The molecular formula is C61H46N4. The highest BCUT2D eigenvalue weighted by atomic mass is 15.2. The van der Waals surface area contributed by atoms with Gasteiger partial charge in [0, 0.05) is 67.6 Å². The van der Waals surface area contributed by atoms with Crippen LogP contribution in [0.25, 0.3) is 27.5 Å². The molecule has 0 saturated heterocycles. The molecule has 0 radical (unpaired) electrons. The summed E-state index contributed by atoms with van der Waals surface area (Å²) in [7, 11) is 0. The van der Waals surface area contributed by atoms with E-state index in [2.05, 4.69) is 286 Å². The standard InChI is InChI=1S/C61H46N4/c1-7-21-48(22-8-1)62(55-39-40-61-59(45-55)58-33-19-20-34-60(58)65(61)53-31-17-6-18-32-53)54-37-35-46(36-38-54)41-47-42-56(63(49-23-9-2-10-24-49)50-25-11-3-12-26-50)44-57(43-47)64(51-27-13-4-14-28-51)52-29-15-5-16-30-52/h1-40,42-45H,41H2. The molecule has 65 heavy (non-hydrogen) atoms. The molecule has 0 unspecified atom stereocenters. The fraction of sp³-hybridized carbons (Fsp3) is 0.0164. The Kier molecular flexibility index (Phi) is 10.7. The molecule has 1 aromatic heterocycles. The number of aromatic nitrogens is 1. The summed E-state index contributed by atoms with van der Waals surface area (Å²) in [4.78, 5) is 7.08. The average molecular weight is 835 g/mol. The Bertz CT molecular complexity index is 3140. The van der Waals surface area contributed by atoms with Crippen molar-refractivity contribution >= 4 is 73.0 Å². The van der Waals surface area contributed by atoms with Crippen molar-refractivity contribution in [3.63, 3.8) is 0 Å². The topological polar surface area (TPSA) is 14.7 Å². The van der Waals surface area contributed by atoms with Gasteiger partial charge in [-0.2, -0.15) is 0 Å². The molecule has 310 valence electrons. The lowest BCUT2D eigenvalue weighted by molar-refractivity contribution is 1.16. The summed E-state index contributed by atoms with van der Waals surface area (Å²) in [6.07, 6.45) is 0.742. The summed E-state index contributed by atoms with van der Waals surface area (Å²) in [6.45, 7) is 0. The van der Waals surface area contributed by atoms with E-state index in [1.54, 1.807) is 0 Å². The van der Waals surface area contributed by atoms with Crippen molar-refractivity contribution in [1.29, 1.82) is 0 Å². The lowest BCUT2D eigenvalue weighted by Gasteiger charge is -2.30. The minimum Gasteiger partial charge on any atom is -0.310 e. The van der Waals surface area contributed by atoms with Gasteiger partial charge in [-0.1, -0.05) is 140 Å². The second-order valence-corrected chi connectivity index (χ2v) is 16.3. The highest BCUT2D eigenvalue weighted by Crippen LogP contribution is 2.43. The van der Waals surface area contributed by atoms with E-state index >= 15 is 0 Å². The SMILES string of the molecule is c1ccc(N(c2ccccc2)c2cc(Cc3ccc(N(c4ccccc4)c4ccc5c(c4)c4ccccc4n5-c4ccccc4)cc3)cc(N(c3ccccc3)c3ccccc3)c2)cc1. The number of hydrogen-bond acceptors (Lipinski definition) is 3. The molecule has 11 rings (SSSR count). The van der Waals surface area contributed by atoms with Gasteiger partial charge in [0.25, 0.3) is 0 Å². The molecule has 4 nitrogen and oxygen atoms in total. The van der Waals surface area contributed by atoms with Gasteiger partial charge in [0.2, 0.25) is 0 Å². The maximum absolute atomic E-state index is 2.37. The molecule has 4 heteroatoms. The van der Waals surface area contributed by atoms with Gasteiger partial charge in [0.1, 0.15) is 0 Å². The quantitative estimate of drug-likeness (QED) is 0.122. The number of fused-ring (bicyclic) bond motifs is 3. The maximum Gasteiger partial charge on any atom is 0.0542 e. The molecule has 0 bridgehead atoms. The van der Waals surface area contributed by atoms with Crippen LogP contribution in [0, 0.1) is 0 Å². The van der Waals surface area contributed by atoms with Gasteiger partial charge in [0.05, 0.1) is 11.0 Å². The van der Waals surface area contributed by atoms with Crippen LogP contribution in [-0.4, -0.2) is 4.57 Å². The first-order chi connectivity index (χ1) is 32.2. The van der Waals surface area contributed by atoms with Crippen LogP contribution in [0.3, 0.4) is 0 Å². The largest absolute Gasteiger partial charge is 0.310 e. The first-order valence-electron chi connectivity index (χ1n) is 22.2. The van der Waals surface area contributed by atoms with Crippen molar-refractivity contribution in [3.05, 3.63) is 278 Å². The van der Waals surface area contributed by atoms with Gasteiger partial charge in [-0.05, 0) is 145 Å². The van der Waals surface area contributed by atoms with E-state index in [9.17, 15) is 0 Å². The Balaban J connectivity index is 1.01. The lowest BCUT2D eigenvalue weighted by atomic mass is 10.0. The van der Waals surface area contributed by atoms with E-state index < -0.39 is 0 Å². The highest BCUT2D eigenvalue weighted by molar-refractivity contribution is 6.10. The Morgan fingerprint density at radius 1 is 0.246 bits per heavy atom. The van der Waals surface area contributed by atoms with Gasteiger partial charge >= 0.3 is 0 Å². The summed E-state index contributed by atoms with van der Waals surface area (Å²) in [5.41, 5.74) is 15.8. The molecule has 0 spiro atoms. The highest BCUT2D eigenvalue weighted by Gasteiger charge is 2.20. The van der Waals surface area contributed by atoms with Gasteiger partial charge in [0.15, 0.2) is 0 Å². The lowest BCUT2D eigenvalue weighted by Crippen LogP contribution is -2.14. The fourth-order valence-corrected chi connectivity index (χ4v) is 9.20. The van der Waals surface area contributed by atoms with E-state index in [1.807, 2.05) is 0 Å². The molecule has 0 atom stereocenters. The molecule has 0 N–H and O–H groups in total. The summed E-state index contributed by atoms with van der Waals surface area (Å²) >= 11 is 0. The molecule has 0 aliphatic carbocycles. The van der Waals surface area contributed by atoms with E-state index in [0.29, 0.717) is 0 Å². The first-order valence-corrected chi connectivity index (χ1v) is 22.2. The van der Waals surface area contributed by atoms with Crippen LogP contribution in [0.15, 0.2) is 267 Å². The van der Waals surface area contributed by atoms with Crippen molar-refractivity contribution in [2.24, 2.45) is 0 Å². The third-order valence-electron chi connectivity index (χ3n) is 12.1. The van der Waals surface area contributed by atoms with Gasteiger partial charge in [-0.3, -0.25) is 0 Å². The number of hydrogen-bond donors (Lipinski definition) is 0. The molecular weight excluding hydrogens is 789 g/mol. The van der Waals surface area contributed by atoms with Crippen LogP contribution >= 0.6 is 0 Å². The third kappa shape index (κ3) is 7.90. The fourth-order valence-electron chi connectivity index (χ4n) is 9.20. The van der Waals surface area contributed by atoms with Crippen LogP contribution in [0.4, 0.5) is 51.2 Å². The molecule has 0 amide bonds. The van der Waals surface area contributed by atoms with Gasteiger partial charge in [-0.25, -0.2) is 0 Å². The molecule has 10 aromatic carbocycles. The third-order valence-corrected chi connectivity index (χ3v) is 12.1. The van der Waals surface area contributed by atoms with Crippen molar-refractivity contribution in [3.8, 4) is 5.69 Å². The Labute approximate surface area is 380 Å².